The minimum atomic E-state index is -0.396. The Labute approximate surface area is 114 Å². The molecule has 0 fully saturated rings. The van der Waals surface area contributed by atoms with Crippen LogP contribution in [0.25, 0.3) is 11.5 Å². The number of benzene rings is 1. The van der Waals surface area contributed by atoms with Crippen molar-refractivity contribution < 1.29 is 9.21 Å². The van der Waals surface area contributed by atoms with E-state index in [2.05, 4.69) is 20.5 Å². The van der Waals surface area contributed by atoms with Crippen LogP contribution in [-0.4, -0.2) is 25.7 Å². The summed E-state index contributed by atoms with van der Waals surface area (Å²) in [4.78, 5) is 16.1. The van der Waals surface area contributed by atoms with Crippen LogP contribution in [0.4, 0.5) is 5.95 Å². The first kappa shape index (κ1) is 12.1. The third-order valence-corrected chi connectivity index (χ3v) is 2.69. The van der Waals surface area contributed by atoms with Gasteiger partial charge in [-0.2, -0.15) is 0 Å². The maximum atomic E-state index is 12.0. The fourth-order valence-electron chi connectivity index (χ4n) is 1.65. The lowest BCUT2D eigenvalue weighted by Gasteiger charge is -2.00. The van der Waals surface area contributed by atoms with Gasteiger partial charge >= 0.3 is 0 Å². The molecule has 3 aromatic rings. The predicted octanol–water partition coefficient (Wildman–Crippen LogP) is 1.72. The van der Waals surface area contributed by atoms with Crippen molar-refractivity contribution in [1.82, 2.24) is 19.7 Å². The molecule has 0 aliphatic heterocycles. The number of nitrogens with zero attached hydrogens (tertiary/aromatic N) is 4. The van der Waals surface area contributed by atoms with Crippen molar-refractivity contribution in [2.75, 3.05) is 5.32 Å². The molecule has 20 heavy (non-hydrogen) atoms. The summed E-state index contributed by atoms with van der Waals surface area (Å²) in [5, 5.41) is 10.0. The van der Waals surface area contributed by atoms with Gasteiger partial charge in [0.2, 0.25) is 11.8 Å². The second kappa shape index (κ2) is 4.96. The van der Waals surface area contributed by atoms with E-state index < -0.39 is 5.91 Å². The minimum absolute atomic E-state index is 0.187. The molecule has 0 aliphatic rings. The van der Waals surface area contributed by atoms with Crippen LogP contribution in [0.15, 0.2) is 47.3 Å². The molecule has 2 heterocycles. The summed E-state index contributed by atoms with van der Waals surface area (Å²) in [7, 11) is 1.73. The van der Waals surface area contributed by atoms with E-state index in [1.165, 1.54) is 12.6 Å². The summed E-state index contributed by atoms with van der Waals surface area (Å²) in [5.74, 6) is 0.347. The second-order valence-corrected chi connectivity index (χ2v) is 4.12. The Balaban J connectivity index is 1.80. The highest BCUT2D eigenvalue weighted by Crippen LogP contribution is 2.18. The standard InChI is InChI=1S/C13H11N5O2/c1-18-8-14-17-13(18)16-11(19)10-7-20-12(15-10)9-5-3-2-4-6-9/h2-8H,1H3,(H,16,17,19). The summed E-state index contributed by atoms with van der Waals surface area (Å²) in [6.07, 6.45) is 2.81. The third kappa shape index (κ3) is 2.28. The molecule has 1 amide bonds. The Kier molecular flexibility index (Phi) is 3.00. The lowest BCUT2D eigenvalue weighted by molar-refractivity contribution is 0.102. The topological polar surface area (TPSA) is 85.8 Å². The van der Waals surface area contributed by atoms with Gasteiger partial charge in [-0.3, -0.25) is 10.1 Å². The van der Waals surface area contributed by atoms with E-state index in [-0.39, 0.29) is 5.69 Å². The summed E-state index contributed by atoms with van der Waals surface area (Å²) >= 11 is 0. The van der Waals surface area contributed by atoms with Gasteiger partial charge in [-0.05, 0) is 12.1 Å². The van der Waals surface area contributed by atoms with Gasteiger partial charge in [-0.25, -0.2) is 4.98 Å². The normalized spacial score (nSPS) is 10.4. The molecule has 0 spiro atoms. The van der Waals surface area contributed by atoms with Gasteiger partial charge in [-0.1, -0.05) is 18.2 Å². The van der Waals surface area contributed by atoms with E-state index >= 15 is 0 Å². The zero-order valence-corrected chi connectivity index (χ0v) is 10.6. The summed E-state index contributed by atoms with van der Waals surface area (Å²) in [5.41, 5.74) is 0.997. The Morgan fingerprint density at radius 2 is 2.10 bits per heavy atom. The molecule has 0 bridgehead atoms. The van der Waals surface area contributed by atoms with Crippen LogP contribution in [0.2, 0.25) is 0 Å². The SMILES string of the molecule is Cn1cnnc1NC(=O)c1coc(-c2ccccc2)n1. The molecule has 0 aliphatic carbocycles. The van der Waals surface area contributed by atoms with E-state index in [0.717, 1.165) is 5.56 Å². The van der Waals surface area contributed by atoms with Gasteiger partial charge in [-0.15, -0.1) is 10.2 Å². The van der Waals surface area contributed by atoms with Gasteiger partial charge < -0.3 is 8.98 Å². The van der Waals surface area contributed by atoms with Crippen molar-refractivity contribution in [3.8, 4) is 11.5 Å². The lowest BCUT2D eigenvalue weighted by Crippen LogP contribution is -2.15. The highest BCUT2D eigenvalue weighted by Gasteiger charge is 2.15. The number of aryl methyl sites for hydroxylation is 1. The average molecular weight is 269 g/mol. The maximum Gasteiger partial charge on any atom is 0.279 e. The fraction of sp³-hybridized carbons (Fsp3) is 0.0769. The number of amides is 1. The molecular weight excluding hydrogens is 258 g/mol. The molecule has 1 aromatic carbocycles. The van der Waals surface area contributed by atoms with Crippen molar-refractivity contribution in [3.05, 3.63) is 48.6 Å². The van der Waals surface area contributed by atoms with Crippen molar-refractivity contribution in [1.29, 1.82) is 0 Å². The van der Waals surface area contributed by atoms with Crippen LogP contribution in [-0.2, 0) is 7.05 Å². The predicted molar refractivity (Wildman–Crippen MR) is 70.9 cm³/mol. The van der Waals surface area contributed by atoms with Crippen LogP contribution in [0.1, 0.15) is 10.5 Å². The minimum Gasteiger partial charge on any atom is -0.444 e. The number of nitrogens with one attached hydrogen (secondary N) is 1. The summed E-state index contributed by atoms with van der Waals surface area (Å²) < 4.78 is 6.90. The molecule has 1 N–H and O–H groups in total. The molecule has 7 nitrogen and oxygen atoms in total. The van der Waals surface area contributed by atoms with Crippen LogP contribution in [0.5, 0.6) is 0 Å². The summed E-state index contributed by atoms with van der Waals surface area (Å²) in [6, 6.07) is 9.36. The molecule has 0 unspecified atom stereocenters. The van der Waals surface area contributed by atoms with Crippen molar-refractivity contribution in [2.45, 2.75) is 0 Å². The van der Waals surface area contributed by atoms with E-state index in [0.29, 0.717) is 11.8 Å². The largest absolute Gasteiger partial charge is 0.444 e. The molecule has 2 aromatic heterocycles. The quantitative estimate of drug-likeness (QED) is 0.782. The number of hydrogen-bond acceptors (Lipinski definition) is 5. The number of hydrogen-bond donors (Lipinski definition) is 1. The van der Waals surface area contributed by atoms with E-state index in [1.54, 1.807) is 11.6 Å². The fourth-order valence-corrected chi connectivity index (χ4v) is 1.65. The van der Waals surface area contributed by atoms with Gasteiger partial charge in [0.1, 0.15) is 12.6 Å². The number of carbonyl (C=O) groups excluding carboxylic acids is 1. The van der Waals surface area contributed by atoms with Crippen molar-refractivity contribution in [2.24, 2.45) is 7.05 Å². The Morgan fingerprint density at radius 3 is 2.80 bits per heavy atom. The first-order valence-corrected chi connectivity index (χ1v) is 5.90. The molecule has 100 valence electrons. The van der Waals surface area contributed by atoms with Crippen LogP contribution in [0, 0.1) is 0 Å². The zero-order chi connectivity index (χ0) is 13.9. The molecule has 7 heteroatoms. The molecular formula is C13H11N5O2. The highest BCUT2D eigenvalue weighted by molar-refractivity contribution is 6.01. The van der Waals surface area contributed by atoms with E-state index in [1.807, 2.05) is 30.3 Å². The zero-order valence-electron chi connectivity index (χ0n) is 10.6. The van der Waals surface area contributed by atoms with Crippen LogP contribution in [0.3, 0.4) is 0 Å². The monoisotopic (exact) mass is 269 g/mol. The van der Waals surface area contributed by atoms with E-state index in [9.17, 15) is 4.79 Å². The molecule has 0 atom stereocenters. The number of aromatic nitrogens is 4. The molecule has 3 rings (SSSR count). The highest BCUT2D eigenvalue weighted by atomic mass is 16.3. The Hall–Kier alpha value is -2.96. The van der Waals surface area contributed by atoms with Gasteiger partial charge in [0.15, 0.2) is 5.69 Å². The number of rotatable bonds is 3. The first-order valence-electron chi connectivity index (χ1n) is 5.90. The summed E-state index contributed by atoms with van der Waals surface area (Å²) in [6.45, 7) is 0. The number of anilines is 1. The van der Waals surface area contributed by atoms with Gasteiger partial charge in [0.25, 0.3) is 5.91 Å². The Bertz CT molecular complexity index is 732. The van der Waals surface area contributed by atoms with Crippen molar-refractivity contribution in [3.63, 3.8) is 0 Å². The number of carbonyl (C=O) groups is 1. The van der Waals surface area contributed by atoms with E-state index in [4.69, 9.17) is 4.42 Å². The second-order valence-electron chi connectivity index (χ2n) is 4.12. The smallest absolute Gasteiger partial charge is 0.279 e. The Morgan fingerprint density at radius 1 is 1.30 bits per heavy atom. The molecule has 0 saturated heterocycles. The van der Waals surface area contributed by atoms with Gasteiger partial charge in [0, 0.05) is 12.6 Å². The maximum absolute atomic E-state index is 12.0. The average Bonchev–Trinajstić information content (AvgIpc) is 3.10. The van der Waals surface area contributed by atoms with Crippen LogP contribution < -0.4 is 5.32 Å². The molecule has 0 saturated carbocycles. The third-order valence-electron chi connectivity index (χ3n) is 2.69. The van der Waals surface area contributed by atoms with Crippen molar-refractivity contribution >= 4 is 11.9 Å². The number of oxazole rings is 1. The van der Waals surface area contributed by atoms with Gasteiger partial charge in [0.05, 0.1) is 0 Å². The first-order chi connectivity index (χ1) is 9.74. The molecule has 0 radical (unpaired) electrons. The lowest BCUT2D eigenvalue weighted by atomic mass is 10.2. The van der Waals surface area contributed by atoms with Crippen LogP contribution >= 0.6 is 0 Å².